The van der Waals surface area contributed by atoms with E-state index in [0.29, 0.717) is 11.4 Å². The summed E-state index contributed by atoms with van der Waals surface area (Å²) in [5.41, 5.74) is 1.83. The van der Waals surface area contributed by atoms with E-state index in [0.717, 1.165) is 5.56 Å². The van der Waals surface area contributed by atoms with Crippen molar-refractivity contribution in [2.24, 2.45) is 0 Å². The van der Waals surface area contributed by atoms with Gasteiger partial charge in [0.2, 0.25) is 0 Å². The fourth-order valence-electron chi connectivity index (χ4n) is 1.56. The number of rotatable bonds is 3. The third kappa shape index (κ3) is 2.13. The smallest absolute Gasteiger partial charge is 0.339 e. The molecule has 1 aromatic carbocycles. The standard InChI is InChI=1S/C12H12N2O3/c1-8-6-13-14(7-8)9-3-4-11(17-2)10(5-9)12(15)16/h3-7H,1-2H3,(H,15,16). The van der Waals surface area contributed by atoms with Crippen molar-refractivity contribution < 1.29 is 14.6 Å². The lowest BCUT2D eigenvalue weighted by Crippen LogP contribution is -2.03. The molecule has 0 radical (unpaired) electrons. The van der Waals surface area contributed by atoms with Crippen LogP contribution in [0, 0.1) is 6.92 Å². The van der Waals surface area contributed by atoms with E-state index in [1.807, 2.05) is 13.1 Å². The number of carboxylic acid groups (broad SMARTS) is 1. The summed E-state index contributed by atoms with van der Waals surface area (Å²) in [6.45, 7) is 1.92. The Bertz CT molecular complexity index is 561. The SMILES string of the molecule is COc1ccc(-n2cc(C)cn2)cc1C(=O)O. The average molecular weight is 232 g/mol. The molecule has 5 nitrogen and oxygen atoms in total. The van der Waals surface area contributed by atoms with Crippen LogP contribution in [0.25, 0.3) is 5.69 Å². The van der Waals surface area contributed by atoms with E-state index in [4.69, 9.17) is 9.84 Å². The van der Waals surface area contributed by atoms with Crippen LogP contribution in [0.2, 0.25) is 0 Å². The average Bonchev–Trinajstić information content (AvgIpc) is 2.75. The number of aromatic nitrogens is 2. The molecule has 0 atom stereocenters. The zero-order valence-corrected chi connectivity index (χ0v) is 9.54. The van der Waals surface area contributed by atoms with Crippen LogP contribution in [0.3, 0.4) is 0 Å². The third-order valence-electron chi connectivity index (χ3n) is 2.39. The minimum atomic E-state index is -1.02. The van der Waals surface area contributed by atoms with Crippen molar-refractivity contribution in [3.63, 3.8) is 0 Å². The molecule has 1 heterocycles. The molecule has 0 amide bonds. The Morgan fingerprint density at radius 1 is 1.47 bits per heavy atom. The molecule has 0 aliphatic carbocycles. The number of hydrogen-bond donors (Lipinski definition) is 1. The van der Waals surface area contributed by atoms with Gasteiger partial charge in [0.15, 0.2) is 0 Å². The molecule has 88 valence electrons. The molecule has 0 unspecified atom stereocenters. The lowest BCUT2D eigenvalue weighted by atomic mass is 10.2. The zero-order valence-electron chi connectivity index (χ0n) is 9.54. The summed E-state index contributed by atoms with van der Waals surface area (Å²) >= 11 is 0. The minimum Gasteiger partial charge on any atom is -0.496 e. The summed E-state index contributed by atoms with van der Waals surface area (Å²) in [6.07, 6.45) is 3.54. The number of ether oxygens (including phenoxy) is 1. The third-order valence-corrected chi connectivity index (χ3v) is 2.39. The van der Waals surface area contributed by atoms with Gasteiger partial charge in [-0.15, -0.1) is 0 Å². The Balaban J connectivity index is 2.50. The number of hydrogen-bond acceptors (Lipinski definition) is 3. The summed E-state index contributed by atoms with van der Waals surface area (Å²) in [4.78, 5) is 11.1. The highest BCUT2D eigenvalue weighted by atomic mass is 16.5. The van der Waals surface area contributed by atoms with Crippen LogP contribution in [0.1, 0.15) is 15.9 Å². The van der Waals surface area contributed by atoms with E-state index in [9.17, 15) is 4.79 Å². The molecule has 0 saturated carbocycles. The topological polar surface area (TPSA) is 64.4 Å². The molecular weight excluding hydrogens is 220 g/mol. The van der Waals surface area contributed by atoms with E-state index in [2.05, 4.69) is 5.10 Å². The highest BCUT2D eigenvalue weighted by Gasteiger charge is 2.12. The van der Waals surface area contributed by atoms with E-state index < -0.39 is 5.97 Å². The highest BCUT2D eigenvalue weighted by Crippen LogP contribution is 2.21. The van der Waals surface area contributed by atoms with Gasteiger partial charge < -0.3 is 9.84 Å². The van der Waals surface area contributed by atoms with Crippen LogP contribution >= 0.6 is 0 Å². The lowest BCUT2D eigenvalue weighted by molar-refractivity contribution is 0.0693. The number of carboxylic acids is 1. The largest absolute Gasteiger partial charge is 0.496 e. The van der Waals surface area contributed by atoms with Crippen molar-refractivity contribution in [2.75, 3.05) is 7.11 Å². The maximum absolute atomic E-state index is 11.1. The highest BCUT2D eigenvalue weighted by molar-refractivity contribution is 5.91. The van der Waals surface area contributed by atoms with E-state index in [1.165, 1.54) is 13.2 Å². The van der Waals surface area contributed by atoms with Crippen LogP contribution in [0.4, 0.5) is 0 Å². The fourth-order valence-corrected chi connectivity index (χ4v) is 1.56. The van der Waals surface area contributed by atoms with Crippen molar-refractivity contribution in [2.45, 2.75) is 6.92 Å². The number of nitrogens with zero attached hydrogens (tertiary/aromatic N) is 2. The molecule has 5 heteroatoms. The molecule has 1 N–H and O–H groups in total. The Morgan fingerprint density at radius 3 is 2.76 bits per heavy atom. The molecule has 2 aromatic rings. The maximum Gasteiger partial charge on any atom is 0.339 e. The number of benzene rings is 1. The van der Waals surface area contributed by atoms with Gasteiger partial charge in [0.1, 0.15) is 11.3 Å². The molecule has 17 heavy (non-hydrogen) atoms. The van der Waals surface area contributed by atoms with Gasteiger partial charge in [-0.3, -0.25) is 0 Å². The van der Waals surface area contributed by atoms with Crippen LogP contribution in [0.5, 0.6) is 5.75 Å². The molecule has 0 aliphatic heterocycles. The van der Waals surface area contributed by atoms with E-state index in [-0.39, 0.29) is 5.56 Å². The Morgan fingerprint density at radius 2 is 2.24 bits per heavy atom. The molecule has 0 aliphatic rings. The van der Waals surface area contributed by atoms with Crippen LogP contribution in [-0.4, -0.2) is 28.0 Å². The first kappa shape index (κ1) is 11.2. The van der Waals surface area contributed by atoms with Gasteiger partial charge in [-0.2, -0.15) is 5.10 Å². The summed E-state index contributed by atoms with van der Waals surface area (Å²) < 4.78 is 6.62. The zero-order chi connectivity index (χ0) is 12.4. The monoisotopic (exact) mass is 232 g/mol. The van der Waals surface area contributed by atoms with Crippen molar-refractivity contribution in [1.82, 2.24) is 9.78 Å². The van der Waals surface area contributed by atoms with Gasteiger partial charge in [0.05, 0.1) is 19.0 Å². The van der Waals surface area contributed by atoms with Crippen LogP contribution in [-0.2, 0) is 0 Å². The fraction of sp³-hybridized carbons (Fsp3) is 0.167. The van der Waals surface area contributed by atoms with E-state index in [1.54, 1.807) is 23.0 Å². The number of aryl methyl sites for hydroxylation is 1. The first-order chi connectivity index (χ1) is 8.11. The summed E-state index contributed by atoms with van der Waals surface area (Å²) in [5.74, 6) is -0.683. The normalized spacial score (nSPS) is 10.2. The molecule has 0 fully saturated rings. The van der Waals surface area contributed by atoms with Gasteiger partial charge in [0, 0.05) is 6.20 Å². The minimum absolute atomic E-state index is 0.123. The lowest BCUT2D eigenvalue weighted by Gasteiger charge is -2.07. The summed E-state index contributed by atoms with van der Waals surface area (Å²) in [5, 5.41) is 13.2. The van der Waals surface area contributed by atoms with Crippen molar-refractivity contribution in [3.8, 4) is 11.4 Å². The quantitative estimate of drug-likeness (QED) is 0.877. The number of carbonyl (C=O) groups is 1. The van der Waals surface area contributed by atoms with Crippen LogP contribution < -0.4 is 4.74 Å². The van der Waals surface area contributed by atoms with Crippen LogP contribution in [0.15, 0.2) is 30.6 Å². The molecule has 2 rings (SSSR count). The first-order valence-electron chi connectivity index (χ1n) is 5.05. The van der Waals surface area contributed by atoms with Crippen molar-refractivity contribution in [3.05, 3.63) is 41.7 Å². The van der Waals surface area contributed by atoms with Crippen molar-refractivity contribution >= 4 is 5.97 Å². The van der Waals surface area contributed by atoms with Gasteiger partial charge >= 0.3 is 5.97 Å². The maximum atomic E-state index is 11.1. The van der Waals surface area contributed by atoms with Gasteiger partial charge in [-0.25, -0.2) is 9.48 Å². The Labute approximate surface area is 98.3 Å². The number of methoxy groups -OCH3 is 1. The van der Waals surface area contributed by atoms with Crippen molar-refractivity contribution in [1.29, 1.82) is 0 Å². The van der Waals surface area contributed by atoms with Gasteiger partial charge in [-0.05, 0) is 30.7 Å². The van der Waals surface area contributed by atoms with E-state index >= 15 is 0 Å². The molecular formula is C12H12N2O3. The second kappa shape index (κ2) is 4.29. The van der Waals surface area contributed by atoms with Gasteiger partial charge in [-0.1, -0.05) is 0 Å². The Hall–Kier alpha value is -2.30. The summed E-state index contributed by atoms with van der Waals surface area (Å²) in [6, 6.07) is 4.92. The summed E-state index contributed by atoms with van der Waals surface area (Å²) in [7, 11) is 1.44. The predicted molar refractivity (Wildman–Crippen MR) is 61.8 cm³/mol. The number of aromatic carboxylic acids is 1. The van der Waals surface area contributed by atoms with Gasteiger partial charge in [0.25, 0.3) is 0 Å². The second-order valence-corrected chi connectivity index (χ2v) is 3.65. The molecule has 0 bridgehead atoms. The molecule has 1 aromatic heterocycles. The molecule has 0 saturated heterocycles. The Kier molecular flexibility index (Phi) is 2.82. The second-order valence-electron chi connectivity index (χ2n) is 3.65. The molecule has 0 spiro atoms. The predicted octanol–water partition coefficient (Wildman–Crippen LogP) is 1.89. The first-order valence-corrected chi connectivity index (χ1v) is 5.05.